The van der Waals surface area contributed by atoms with Crippen LogP contribution in [0.1, 0.15) is 31.9 Å². The van der Waals surface area contributed by atoms with Gasteiger partial charge in [-0.15, -0.1) is 0 Å². The van der Waals surface area contributed by atoms with Crippen LogP contribution in [0.4, 0.5) is 0 Å². The maximum Gasteiger partial charge on any atom is 0.308 e. The number of aryl methyl sites for hydroxylation is 1. The first-order chi connectivity index (χ1) is 11.9. The van der Waals surface area contributed by atoms with Gasteiger partial charge in [0.1, 0.15) is 0 Å². The molecule has 0 radical (unpaired) electrons. The van der Waals surface area contributed by atoms with Gasteiger partial charge >= 0.3 is 4.87 Å². The molecule has 3 rings (SSSR count). The molecule has 1 N–H and O–H groups in total. The predicted octanol–water partition coefficient (Wildman–Crippen LogP) is 3.51. The summed E-state index contributed by atoms with van der Waals surface area (Å²) in [6.45, 7) is 4.44. The third-order valence-corrected chi connectivity index (χ3v) is 6.51. The zero-order valence-electron chi connectivity index (χ0n) is 14.1. The van der Waals surface area contributed by atoms with Gasteiger partial charge in [0, 0.05) is 12.6 Å². The summed E-state index contributed by atoms with van der Waals surface area (Å²) in [6.07, 6.45) is 0.849. The van der Waals surface area contributed by atoms with Crippen molar-refractivity contribution < 1.29 is 8.42 Å². The molecule has 0 aliphatic heterocycles. The Bertz CT molecular complexity index is 1040. The largest absolute Gasteiger partial charge is 0.308 e. The van der Waals surface area contributed by atoms with Crippen molar-refractivity contribution in [1.29, 1.82) is 0 Å². The summed E-state index contributed by atoms with van der Waals surface area (Å²) in [5.41, 5.74) is 1.68. The summed E-state index contributed by atoms with van der Waals surface area (Å²) in [4.78, 5) is 12.2. The molecule has 0 saturated heterocycles. The van der Waals surface area contributed by atoms with E-state index < -0.39 is 10.0 Å². The molecule has 1 atom stereocenters. The molecule has 0 aliphatic carbocycles. The van der Waals surface area contributed by atoms with Gasteiger partial charge in [0.15, 0.2) is 0 Å². The van der Waals surface area contributed by atoms with Gasteiger partial charge in [-0.05, 0) is 37.1 Å². The van der Waals surface area contributed by atoms with Crippen LogP contribution in [0.3, 0.4) is 0 Å². The van der Waals surface area contributed by atoms with E-state index in [0.717, 1.165) is 28.8 Å². The van der Waals surface area contributed by atoms with Crippen molar-refractivity contribution in [2.45, 2.75) is 37.8 Å². The maximum absolute atomic E-state index is 12.7. The van der Waals surface area contributed by atoms with E-state index in [9.17, 15) is 13.2 Å². The first-order valence-electron chi connectivity index (χ1n) is 8.13. The zero-order valence-corrected chi connectivity index (χ0v) is 15.7. The minimum Gasteiger partial charge on any atom is -0.299 e. The van der Waals surface area contributed by atoms with Crippen molar-refractivity contribution >= 4 is 31.6 Å². The molecule has 0 fully saturated rings. The third kappa shape index (κ3) is 3.68. The lowest BCUT2D eigenvalue weighted by molar-refractivity contribution is 0.567. The van der Waals surface area contributed by atoms with Gasteiger partial charge in [-0.2, -0.15) is 0 Å². The summed E-state index contributed by atoms with van der Waals surface area (Å²) in [7, 11) is -3.67. The van der Waals surface area contributed by atoms with Gasteiger partial charge in [-0.3, -0.25) is 9.36 Å². The van der Waals surface area contributed by atoms with Gasteiger partial charge in [0.2, 0.25) is 10.0 Å². The van der Waals surface area contributed by atoms with Gasteiger partial charge in [-0.25, -0.2) is 13.1 Å². The standard InChI is InChI=1S/C18H20N2O3S2/c1-3-11-20-16-10-9-15(12-17(16)24-18(20)21)25(22,23)19-13(2)14-7-5-4-6-8-14/h4-10,12-13,19H,3,11H2,1-2H3/t13-/m0/s1. The second-order valence-corrected chi connectivity index (χ2v) is 8.61. The molecule has 3 aromatic rings. The highest BCUT2D eigenvalue weighted by molar-refractivity contribution is 7.89. The second-order valence-electron chi connectivity index (χ2n) is 5.90. The van der Waals surface area contributed by atoms with Gasteiger partial charge in [-0.1, -0.05) is 48.6 Å². The Morgan fingerprint density at radius 2 is 1.88 bits per heavy atom. The Morgan fingerprint density at radius 3 is 2.56 bits per heavy atom. The van der Waals surface area contributed by atoms with Crippen molar-refractivity contribution in [2.75, 3.05) is 0 Å². The van der Waals surface area contributed by atoms with Crippen molar-refractivity contribution in [1.82, 2.24) is 9.29 Å². The van der Waals surface area contributed by atoms with Crippen molar-refractivity contribution in [3.05, 3.63) is 63.8 Å². The predicted molar refractivity (Wildman–Crippen MR) is 102 cm³/mol. The molecule has 2 aromatic carbocycles. The van der Waals surface area contributed by atoms with Crippen LogP contribution in [0, 0.1) is 0 Å². The first kappa shape index (κ1) is 17.8. The van der Waals surface area contributed by atoms with E-state index in [1.54, 1.807) is 22.8 Å². The summed E-state index contributed by atoms with van der Waals surface area (Å²) < 4.78 is 30.4. The van der Waals surface area contributed by atoms with E-state index >= 15 is 0 Å². The second kappa shape index (κ2) is 7.11. The van der Waals surface area contributed by atoms with Crippen LogP contribution in [0.5, 0.6) is 0 Å². The molecule has 0 saturated carbocycles. The highest BCUT2D eigenvalue weighted by atomic mass is 32.2. The number of nitrogens with one attached hydrogen (secondary N) is 1. The van der Waals surface area contributed by atoms with E-state index in [0.29, 0.717) is 11.2 Å². The summed E-state index contributed by atoms with van der Waals surface area (Å²) in [5.74, 6) is 0. The van der Waals surface area contributed by atoms with Crippen LogP contribution in [0.25, 0.3) is 10.2 Å². The fourth-order valence-electron chi connectivity index (χ4n) is 2.76. The smallest absolute Gasteiger partial charge is 0.299 e. The number of benzene rings is 2. The Labute approximate surface area is 151 Å². The molecule has 0 spiro atoms. The van der Waals surface area contributed by atoms with E-state index in [1.165, 1.54) is 0 Å². The quantitative estimate of drug-likeness (QED) is 0.716. The van der Waals surface area contributed by atoms with E-state index in [1.807, 2.05) is 44.2 Å². The van der Waals surface area contributed by atoms with Crippen molar-refractivity contribution in [3.63, 3.8) is 0 Å². The Morgan fingerprint density at radius 1 is 1.16 bits per heavy atom. The van der Waals surface area contributed by atoms with Gasteiger partial charge < -0.3 is 0 Å². The fourth-order valence-corrected chi connectivity index (χ4v) is 5.05. The van der Waals surface area contributed by atoms with E-state index in [4.69, 9.17) is 0 Å². The normalized spacial score (nSPS) is 13.2. The highest BCUT2D eigenvalue weighted by Crippen LogP contribution is 2.23. The molecule has 0 bridgehead atoms. The molecule has 7 heteroatoms. The number of hydrogen-bond donors (Lipinski definition) is 1. The van der Waals surface area contributed by atoms with Crippen LogP contribution in [0.15, 0.2) is 58.2 Å². The molecule has 25 heavy (non-hydrogen) atoms. The highest BCUT2D eigenvalue weighted by Gasteiger charge is 2.20. The Hall–Kier alpha value is -1.96. The summed E-state index contributed by atoms with van der Waals surface area (Å²) in [6, 6.07) is 13.9. The molecule has 0 amide bonds. The molecule has 1 heterocycles. The molecular formula is C18H20N2O3S2. The minimum absolute atomic E-state index is 0.0583. The average molecular weight is 377 g/mol. The van der Waals surface area contributed by atoms with Gasteiger partial charge in [0.05, 0.1) is 15.1 Å². The topological polar surface area (TPSA) is 68.2 Å². The van der Waals surface area contributed by atoms with E-state index in [-0.39, 0.29) is 15.8 Å². The lowest BCUT2D eigenvalue weighted by Gasteiger charge is -2.14. The van der Waals surface area contributed by atoms with Crippen LogP contribution >= 0.6 is 11.3 Å². The van der Waals surface area contributed by atoms with Crippen LogP contribution < -0.4 is 9.60 Å². The summed E-state index contributed by atoms with van der Waals surface area (Å²) in [5, 5.41) is 0. The number of fused-ring (bicyclic) bond motifs is 1. The Kier molecular flexibility index (Phi) is 5.08. The molecule has 0 aliphatic rings. The monoisotopic (exact) mass is 376 g/mol. The number of hydrogen-bond acceptors (Lipinski definition) is 4. The zero-order chi connectivity index (χ0) is 18.0. The molecule has 5 nitrogen and oxygen atoms in total. The molecule has 132 valence electrons. The lowest BCUT2D eigenvalue weighted by Crippen LogP contribution is -2.26. The van der Waals surface area contributed by atoms with Crippen molar-refractivity contribution in [2.24, 2.45) is 0 Å². The number of thiazole rings is 1. The van der Waals surface area contributed by atoms with Crippen LogP contribution in [0.2, 0.25) is 0 Å². The average Bonchev–Trinajstić information content (AvgIpc) is 2.90. The third-order valence-electron chi connectivity index (χ3n) is 4.03. The SMILES string of the molecule is CCCn1c(=O)sc2cc(S(=O)(=O)N[C@@H](C)c3ccccc3)ccc21. The number of rotatable bonds is 6. The minimum atomic E-state index is -3.67. The van der Waals surface area contributed by atoms with Gasteiger partial charge in [0.25, 0.3) is 0 Å². The lowest BCUT2D eigenvalue weighted by atomic mass is 10.1. The first-order valence-corrected chi connectivity index (χ1v) is 10.4. The van der Waals surface area contributed by atoms with Crippen LogP contribution in [-0.2, 0) is 16.6 Å². The maximum atomic E-state index is 12.7. The molecular weight excluding hydrogens is 356 g/mol. The summed E-state index contributed by atoms with van der Waals surface area (Å²) >= 11 is 1.08. The molecule has 1 aromatic heterocycles. The fraction of sp³-hybridized carbons (Fsp3) is 0.278. The molecule has 0 unspecified atom stereocenters. The number of sulfonamides is 1. The number of aromatic nitrogens is 1. The van der Waals surface area contributed by atoms with Crippen molar-refractivity contribution in [3.8, 4) is 0 Å². The Balaban J connectivity index is 1.93. The van der Waals surface area contributed by atoms with E-state index in [2.05, 4.69) is 4.72 Å². The van der Waals surface area contributed by atoms with Crippen LogP contribution in [-0.4, -0.2) is 13.0 Å². The number of nitrogens with zero attached hydrogens (tertiary/aromatic N) is 1.